The van der Waals surface area contributed by atoms with Crippen LogP contribution in [-0.2, 0) is 10.0 Å². The van der Waals surface area contributed by atoms with Crippen molar-refractivity contribution in [1.82, 2.24) is 9.62 Å². The largest absolute Gasteiger partial charge is 0.316 e. The average Bonchev–Trinajstić information content (AvgIpc) is 2.43. The Morgan fingerprint density at radius 3 is 2.75 bits per heavy atom. The minimum absolute atomic E-state index is 0.175. The highest BCUT2D eigenvalue weighted by molar-refractivity contribution is 7.89. The second-order valence-electron chi connectivity index (χ2n) is 4.48. The van der Waals surface area contributed by atoms with Gasteiger partial charge in [0.1, 0.15) is 0 Å². The minimum atomic E-state index is -3.06. The van der Waals surface area contributed by atoms with E-state index in [0.717, 1.165) is 32.2 Å². The van der Waals surface area contributed by atoms with Crippen LogP contribution in [0.3, 0.4) is 0 Å². The van der Waals surface area contributed by atoms with Crippen LogP contribution in [0, 0.1) is 0 Å². The summed E-state index contributed by atoms with van der Waals surface area (Å²) in [6.45, 7) is 6.10. The molecule has 1 fully saturated rings. The lowest BCUT2D eigenvalue weighted by molar-refractivity contribution is 0.342. The predicted octanol–water partition coefficient (Wildman–Crippen LogP) is 1.19. The van der Waals surface area contributed by atoms with Crippen LogP contribution in [0.1, 0.15) is 39.5 Å². The van der Waals surface area contributed by atoms with E-state index in [9.17, 15) is 8.42 Å². The molecule has 1 unspecified atom stereocenters. The summed E-state index contributed by atoms with van der Waals surface area (Å²) in [7, 11) is -3.06. The summed E-state index contributed by atoms with van der Waals surface area (Å²) < 4.78 is 25.9. The molecule has 1 aliphatic rings. The zero-order valence-corrected chi connectivity index (χ0v) is 11.2. The van der Waals surface area contributed by atoms with Crippen LogP contribution in [0.2, 0.25) is 0 Å². The number of nitrogens with zero attached hydrogens (tertiary/aromatic N) is 1. The topological polar surface area (TPSA) is 49.4 Å². The molecule has 0 spiro atoms. The lowest BCUT2D eigenvalue weighted by atomic mass is 10.1. The van der Waals surface area contributed by atoms with Gasteiger partial charge >= 0.3 is 0 Å². The first kappa shape index (κ1) is 13.9. The van der Waals surface area contributed by atoms with Gasteiger partial charge in [0, 0.05) is 19.1 Å². The third-order valence-corrected chi connectivity index (χ3v) is 5.11. The molecule has 0 saturated carbocycles. The van der Waals surface area contributed by atoms with E-state index in [1.807, 2.05) is 13.8 Å². The molecule has 0 radical (unpaired) electrons. The zero-order chi connectivity index (χ0) is 12.0. The zero-order valence-electron chi connectivity index (χ0n) is 10.4. The van der Waals surface area contributed by atoms with Gasteiger partial charge in [-0.3, -0.25) is 0 Å². The highest BCUT2D eigenvalue weighted by Gasteiger charge is 2.27. The number of hydrogen-bond acceptors (Lipinski definition) is 3. The first-order valence-corrected chi connectivity index (χ1v) is 7.89. The standard InChI is InChI=1S/C11H24N2O2S/c1-3-12-8-10-16(14,15)13-9-6-4-5-7-11(13)2/h11-12H,3-10H2,1-2H3. The molecule has 1 heterocycles. The van der Waals surface area contributed by atoms with Crippen LogP contribution in [0.5, 0.6) is 0 Å². The van der Waals surface area contributed by atoms with E-state index in [4.69, 9.17) is 0 Å². The Balaban J connectivity index is 2.57. The summed E-state index contributed by atoms with van der Waals surface area (Å²) in [5.41, 5.74) is 0. The summed E-state index contributed by atoms with van der Waals surface area (Å²) >= 11 is 0. The number of sulfonamides is 1. The molecule has 1 N–H and O–H groups in total. The SMILES string of the molecule is CCNCCS(=O)(=O)N1CCCCCC1C. The van der Waals surface area contributed by atoms with Gasteiger partial charge in [-0.1, -0.05) is 19.8 Å². The molecule has 0 amide bonds. The van der Waals surface area contributed by atoms with Crippen molar-refractivity contribution >= 4 is 10.0 Å². The molecule has 4 nitrogen and oxygen atoms in total. The summed E-state index contributed by atoms with van der Waals surface area (Å²) in [6, 6.07) is 0.175. The van der Waals surface area contributed by atoms with E-state index in [1.165, 1.54) is 0 Å². The van der Waals surface area contributed by atoms with Gasteiger partial charge in [-0.2, -0.15) is 4.31 Å². The Bertz CT molecular complexity index is 290. The van der Waals surface area contributed by atoms with Gasteiger partial charge in [-0.25, -0.2) is 8.42 Å². The average molecular weight is 248 g/mol. The molecule has 1 rings (SSSR count). The fourth-order valence-corrected chi connectivity index (χ4v) is 3.85. The minimum Gasteiger partial charge on any atom is -0.316 e. The molecule has 1 saturated heterocycles. The molecule has 16 heavy (non-hydrogen) atoms. The highest BCUT2D eigenvalue weighted by atomic mass is 32.2. The van der Waals surface area contributed by atoms with Crippen molar-refractivity contribution in [2.24, 2.45) is 0 Å². The summed E-state index contributed by atoms with van der Waals surface area (Å²) in [5.74, 6) is 0.227. The van der Waals surface area contributed by atoms with E-state index >= 15 is 0 Å². The molecule has 1 aliphatic heterocycles. The van der Waals surface area contributed by atoms with Gasteiger partial charge in [0.25, 0.3) is 0 Å². The Labute approximate surface area is 99.5 Å². The number of rotatable bonds is 5. The van der Waals surface area contributed by atoms with Gasteiger partial charge in [-0.15, -0.1) is 0 Å². The highest BCUT2D eigenvalue weighted by Crippen LogP contribution is 2.19. The van der Waals surface area contributed by atoms with E-state index in [0.29, 0.717) is 13.1 Å². The fraction of sp³-hybridized carbons (Fsp3) is 1.00. The van der Waals surface area contributed by atoms with Crippen LogP contribution in [0.15, 0.2) is 0 Å². The van der Waals surface area contributed by atoms with Crippen molar-refractivity contribution < 1.29 is 8.42 Å². The molecular weight excluding hydrogens is 224 g/mol. The van der Waals surface area contributed by atoms with Crippen LogP contribution in [0.4, 0.5) is 0 Å². The molecule has 0 aromatic heterocycles. The maximum absolute atomic E-state index is 12.1. The Morgan fingerprint density at radius 2 is 2.06 bits per heavy atom. The molecule has 0 aromatic carbocycles. The fourth-order valence-electron chi connectivity index (χ4n) is 2.16. The van der Waals surface area contributed by atoms with Crippen LogP contribution < -0.4 is 5.32 Å². The van der Waals surface area contributed by atoms with Crippen molar-refractivity contribution in [2.45, 2.75) is 45.6 Å². The maximum Gasteiger partial charge on any atom is 0.215 e. The molecular formula is C11H24N2O2S. The van der Waals surface area contributed by atoms with E-state index in [-0.39, 0.29) is 11.8 Å². The van der Waals surface area contributed by atoms with Gasteiger partial charge < -0.3 is 5.32 Å². The molecule has 5 heteroatoms. The van der Waals surface area contributed by atoms with Crippen molar-refractivity contribution in [3.8, 4) is 0 Å². The van der Waals surface area contributed by atoms with Gasteiger partial charge in [-0.05, 0) is 26.3 Å². The van der Waals surface area contributed by atoms with Crippen molar-refractivity contribution in [3.05, 3.63) is 0 Å². The van der Waals surface area contributed by atoms with Gasteiger partial charge in [0.05, 0.1) is 5.75 Å². The molecule has 0 bridgehead atoms. The third-order valence-electron chi connectivity index (χ3n) is 3.14. The van der Waals surface area contributed by atoms with Crippen molar-refractivity contribution in [3.63, 3.8) is 0 Å². The summed E-state index contributed by atoms with van der Waals surface area (Å²) in [5, 5.41) is 3.07. The Kier molecular flexibility index (Phi) is 5.72. The molecule has 1 atom stereocenters. The second kappa shape index (κ2) is 6.57. The second-order valence-corrected chi connectivity index (χ2v) is 6.52. The lowest BCUT2D eigenvalue weighted by Gasteiger charge is -2.26. The number of nitrogens with one attached hydrogen (secondary N) is 1. The third kappa shape index (κ3) is 4.03. The smallest absolute Gasteiger partial charge is 0.215 e. The Morgan fingerprint density at radius 1 is 1.31 bits per heavy atom. The van der Waals surface area contributed by atoms with E-state index in [2.05, 4.69) is 5.32 Å². The van der Waals surface area contributed by atoms with Gasteiger partial charge in [0.15, 0.2) is 0 Å². The van der Waals surface area contributed by atoms with Crippen molar-refractivity contribution in [1.29, 1.82) is 0 Å². The molecule has 0 aliphatic carbocycles. The van der Waals surface area contributed by atoms with E-state index in [1.54, 1.807) is 4.31 Å². The first-order chi connectivity index (χ1) is 7.58. The normalized spacial score (nSPS) is 24.2. The predicted molar refractivity (Wildman–Crippen MR) is 67.0 cm³/mol. The maximum atomic E-state index is 12.1. The number of hydrogen-bond donors (Lipinski definition) is 1. The summed E-state index contributed by atoms with van der Waals surface area (Å²) in [6.07, 6.45) is 4.31. The summed E-state index contributed by atoms with van der Waals surface area (Å²) in [4.78, 5) is 0. The van der Waals surface area contributed by atoms with Crippen molar-refractivity contribution in [2.75, 3.05) is 25.4 Å². The van der Waals surface area contributed by atoms with E-state index < -0.39 is 10.0 Å². The Hall–Kier alpha value is -0.130. The van der Waals surface area contributed by atoms with Gasteiger partial charge in [0.2, 0.25) is 10.0 Å². The first-order valence-electron chi connectivity index (χ1n) is 6.28. The molecule has 0 aromatic rings. The monoisotopic (exact) mass is 248 g/mol. The molecule has 96 valence electrons. The van der Waals surface area contributed by atoms with Crippen LogP contribution in [-0.4, -0.2) is 44.2 Å². The van der Waals surface area contributed by atoms with Crippen LogP contribution in [0.25, 0.3) is 0 Å². The quantitative estimate of drug-likeness (QED) is 0.744. The lowest BCUT2D eigenvalue weighted by Crippen LogP contribution is -2.41. The van der Waals surface area contributed by atoms with Crippen LogP contribution >= 0.6 is 0 Å².